The molecule has 0 aliphatic rings. The van der Waals surface area contributed by atoms with Crippen molar-refractivity contribution in [2.45, 2.75) is 52.6 Å². The second-order valence-electron chi connectivity index (χ2n) is 4.99. The molecule has 0 atom stereocenters. The smallest absolute Gasteiger partial charge is 0.0598 e. The second-order valence-corrected chi connectivity index (χ2v) is 4.99. The molecular formula is C13H29NO2. The van der Waals surface area contributed by atoms with E-state index < -0.39 is 0 Å². The summed E-state index contributed by atoms with van der Waals surface area (Å²) in [5.74, 6) is 0. The highest BCUT2D eigenvalue weighted by molar-refractivity contribution is 4.58. The van der Waals surface area contributed by atoms with E-state index in [9.17, 15) is 0 Å². The van der Waals surface area contributed by atoms with Crippen LogP contribution in [0.4, 0.5) is 0 Å². The van der Waals surface area contributed by atoms with Crippen LogP contribution < -0.4 is 5.32 Å². The minimum absolute atomic E-state index is 0.0220. The molecular weight excluding hydrogens is 202 g/mol. The summed E-state index contributed by atoms with van der Waals surface area (Å²) in [6.07, 6.45) is 3.34. The fraction of sp³-hybridized carbons (Fsp3) is 1.00. The lowest BCUT2D eigenvalue weighted by Gasteiger charge is -2.19. The van der Waals surface area contributed by atoms with Gasteiger partial charge in [0.25, 0.3) is 0 Å². The first kappa shape index (κ1) is 15.9. The fourth-order valence-corrected chi connectivity index (χ4v) is 1.27. The topological polar surface area (TPSA) is 30.5 Å². The monoisotopic (exact) mass is 231 g/mol. The number of hydrogen-bond acceptors (Lipinski definition) is 3. The minimum atomic E-state index is -0.0220. The normalized spacial score (nSPS) is 12.0. The molecule has 0 aliphatic heterocycles. The van der Waals surface area contributed by atoms with Gasteiger partial charge < -0.3 is 14.8 Å². The van der Waals surface area contributed by atoms with Crippen molar-refractivity contribution in [1.82, 2.24) is 5.32 Å². The third kappa shape index (κ3) is 13.9. The summed E-state index contributed by atoms with van der Waals surface area (Å²) in [5.41, 5.74) is -0.0220. The Labute approximate surface area is 101 Å². The van der Waals surface area contributed by atoms with Gasteiger partial charge in [-0.05, 0) is 53.1 Å². The van der Waals surface area contributed by atoms with Crippen LogP contribution in [0.15, 0.2) is 0 Å². The summed E-state index contributed by atoms with van der Waals surface area (Å²) in [6.45, 7) is 13.0. The summed E-state index contributed by atoms with van der Waals surface area (Å²) >= 11 is 0. The van der Waals surface area contributed by atoms with E-state index in [4.69, 9.17) is 9.47 Å². The van der Waals surface area contributed by atoms with Gasteiger partial charge in [-0.15, -0.1) is 0 Å². The zero-order valence-electron chi connectivity index (χ0n) is 11.5. The Balaban J connectivity index is 2.99. The van der Waals surface area contributed by atoms with E-state index in [2.05, 4.69) is 33.0 Å². The van der Waals surface area contributed by atoms with Crippen LogP contribution >= 0.6 is 0 Å². The van der Waals surface area contributed by atoms with E-state index in [1.54, 1.807) is 0 Å². The molecule has 0 radical (unpaired) electrons. The number of ether oxygens (including phenoxy) is 2. The quantitative estimate of drug-likeness (QED) is 0.586. The number of unbranched alkanes of at least 4 members (excludes halogenated alkanes) is 1. The maximum atomic E-state index is 5.60. The number of nitrogens with one attached hydrogen (secondary N) is 1. The van der Waals surface area contributed by atoms with Crippen molar-refractivity contribution in [3.63, 3.8) is 0 Å². The van der Waals surface area contributed by atoms with Gasteiger partial charge in [0.05, 0.1) is 5.60 Å². The van der Waals surface area contributed by atoms with Gasteiger partial charge in [0.2, 0.25) is 0 Å². The Hall–Kier alpha value is -0.120. The summed E-state index contributed by atoms with van der Waals surface area (Å²) in [7, 11) is 0. The van der Waals surface area contributed by atoms with Crippen LogP contribution in [-0.2, 0) is 9.47 Å². The molecule has 0 unspecified atom stereocenters. The molecule has 16 heavy (non-hydrogen) atoms. The minimum Gasteiger partial charge on any atom is -0.381 e. The average Bonchev–Trinajstić information content (AvgIpc) is 2.19. The summed E-state index contributed by atoms with van der Waals surface area (Å²) in [6, 6.07) is 0. The molecule has 0 aromatic rings. The van der Waals surface area contributed by atoms with Crippen molar-refractivity contribution in [2.24, 2.45) is 0 Å². The highest BCUT2D eigenvalue weighted by Crippen LogP contribution is 2.06. The van der Waals surface area contributed by atoms with E-state index in [0.29, 0.717) is 0 Å². The van der Waals surface area contributed by atoms with Crippen LogP contribution in [0.25, 0.3) is 0 Å². The fourth-order valence-electron chi connectivity index (χ4n) is 1.27. The molecule has 0 saturated heterocycles. The van der Waals surface area contributed by atoms with Gasteiger partial charge in [-0.2, -0.15) is 0 Å². The third-order valence-electron chi connectivity index (χ3n) is 2.11. The van der Waals surface area contributed by atoms with E-state index in [-0.39, 0.29) is 5.60 Å². The zero-order valence-corrected chi connectivity index (χ0v) is 11.5. The second kappa shape index (κ2) is 10.1. The van der Waals surface area contributed by atoms with Crippen LogP contribution in [0.5, 0.6) is 0 Å². The van der Waals surface area contributed by atoms with Crippen molar-refractivity contribution < 1.29 is 9.47 Å². The predicted molar refractivity (Wildman–Crippen MR) is 68.9 cm³/mol. The maximum Gasteiger partial charge on any atom is 0.0598 e. The van der Waals surface area contributed by atoms with Gasteiger partial charge >= 0.3 is 0 Å². The average molecular weight is 231 g/mol. The molecule has 0 bridgehead atoms. The van der Waals surface area contributed by atoms with E-state index in [0.717, 1.165) is 45.8 Å². The zero-order chi connectivity index (χ0) is 12.3. The number of rotatable bonds is 10. The van der Waals surface area contributed by atoms with Crippen LogP contribution in [-0.4, -0.2) is 38.5 Å². The standard InChI is InChI=1S/C13H29NO2/c1-5-14-9-6-7-10-15-11-8-12-16-13(2,3)4/h14H,5-12H2,1-4H3. The Morgan fingerprint density at radius 3 is 2.25 bits per heavy atom. The van der Waals surface area contributed by atoms with E-state index in [1.807, 2.05) is 0 Å². The Bertz CT molecular complexity index is 143. The summed E-state index contributed by atoms with van der Waals surface area (Å²) in [4.78, 5) is 0. The van der Waals surface area contributed by atoms with Gasteiger partial charge in [-0.3, -0.25) is 0 Å². The SMILES string of the molecule is CCNCCCCOCCCOC(C)(C)C. The molecule has 0 saturated carbocycles. The first-order valence-corrected chi connectivity index (χ1v) is 6.48. The van der Waals surface area contributed by atoms with Crippen LogP contribution in [0.1, 0.15) is 47.0 Å². The lowest BCUT2D eigenvalue weighted by Crippen LogP contribution is -2.20. The highest BCUT2D eigenvalue weighted by atomic mass is 16.5. The van der Waals surface area contributed by atoms with Crippen molar-refractivity contribution in [1.29, 1.82) is 0 Å². The van der Waals surface area contributed by atoms with Crippen LogP contribution in [0, 0.1) is 0 Å². The Kier molecular flexibility index (Phi) is 9.99. The molecule has 98 valence electrons. The van der Waals surface area contributed by atoms with Crippen molar-refractivity contribution in [2.75, 3.05) is 32.9 Å². The summed E-state index contributed by atoms with van der Waals surface area (Å²) < 4.78 is 11.1. The molecule has 0 heterocycles. The molecule has 0 rings (SSSR count). The number of hydrogen-bond donors (Lipinski definition) is 1. The van der Waals surface area contributed by atoms with Gasteiger partial charge in [0, 0.05) is 19.8 Å². The lowest BCUT2D eigenvalue weighted by atomic mass is 10.2. The molecule has 0 aromatic heterocycles. The molecule has 0 spiro atoms. The van der Waals surface area contributed by atoms with Crippen molar-refractivity contribution in [3.05, 3.63) is 0 Å². The van der Waals surface area contributed by atoms with E-state index in [1.165, 1.54) is 6.42 Å². The Morgan fingerprint density at radius 1 is 0.938 bits per heavy atom. The first-order valence-electron chi connectivity index (χ1n) is 6.48. The molecule has 3 heteroatoms. The lowest BCUT2D eigenvalue weighted by molar-refractivity contribution is -0.0140. The highest BCUT2D eigenvalue weighted by Gasteiger charge is 2.08. The molecule has 0 amide bonds. The summed E-state index contributed by atoms with van der Waals surface area (Å²) in [5, 5.41) is 3.30. The molecule has 0 aliphatic carbocycles. The molecule has 0 fully saturated rings. The van der Waals surface area contributed by atoms with Gasteiger partial charge in [0.15, 0.2) is 0 Å². The Morgan fingerprint density at radius 2 is 1.62 bits per heavy atom. The van der Waals surface area contributed by atoms with E-state index >= 15 is 0 Å². The first-order chi connectivity index (χ1) is 7.56. The van der Waals surface area contributed by atoms with Gasteiger partial charge in [0.1, 0.15) is 0 Å². The van der Waals surface area contributed by atoms with Crippen molar-refractivity contribution in [3.8, 4) is 0 Å². The van der Waals surface area contributed by atoms with Crippen LogP contribution in [0.2, 0.25) is 0 Å². The molecule has 1 N–H and O–H groups in total. The van der Waals surface area contributed by atoms with Crippen molar-refractivity contribution >= 4 is 0 Å². The van der Waals surface area contributed by atoms with Gasteiger partial charge in [-0.25, -0.2) is 0 Å². The predicted octanol–water partition coefficient (Wildman–Crippen LogP) is 2.60. The molecule has 0 aromatic carbocycles. The maximum absolute atomic E-state index is 5.60. The van der Waals surface area contributed by atoms with Crippen LogP contribution in [0.3, 0.4) is 0 Å². The third-order valence-corrected chi connectivity index (χ3v) is 2.11. The van der Waals surface area contributed by atoms with Gasteiger partial charge in [-0.1, -0.05) is 6.92 Å². The largest absolute Gasteiger partial charge is 0.381 e. The molecule has 3 nitrogen and oxygen atoms in total.